The molecule has 1 fully saturated rings. The molecule has 0 aromatic heterocycles. The van der Waals surface area contributed by atoms with Gasteiger partial charge in [0.1, 0.15) is 0 Å². The molecule has 0 N–H and O–H groups in total. The Kier molecular flexibility index (Phi) is 2.71. The van der Waals surface area contributed by atoms with Crippen molar-refractivity contribution in [3.63, 3.8) is 0 Å². The largest absolute Gasteiger partial charge is 0.495 e. The fraction of sp³-hybridized carbons (Fsp3) is 0.500. The second-order valence-electron chi connectivity index (χ2n) is 6.67. The lowest BCUT2D eigenvalue weighted by Gasteiger charge is -2.32. The SMILES string of the molecule is CC1=Cc2cccc(B3OC(C)(C)C(C)(C)O3)c2C1. The van der Waals surface area contributed by atoms with Crippen LogP contribution in [-0.4, -0.2) is 18.3 Å². The van der Waals surface area contributed by atoms with Gasteiger partial charge in [-0.25, -0.2) is 0 Å². The average molecular weight is 256 g/mol. The van der Waals surface area contributed by atoms with Crippen molar-refractivity contribution in [3.05, 3.63) is 34.9 Å². The zero-order valence-electron chi connectivity index (χ0n) is 12.4. The highest BCUT2D eigenvalue weighted by atomic mass is 16.7. The molecule has 0 unspecified atom stereocenters. The van der Waals surface area contributed by atoms with Crippen LogP contribution in [0.4, 0.5) is 0 Å². The summed E-state index contributed by atoms with van der Waals surface area (Å²) in [5, 5.41) is 0. The van der Waals surface area contributed by atoms with Gasteiger partial charge in [0.2, 0.25) is 0 Å². The number of rotatable bonds is 1. The second-order valence-corrected chi connectivity index (χ2v) is 6.67. The van der Waals surface area contributed by atoms with Crippen LogP contribution in [0, 0.1) is 0 Å². The molecule has 2 nitrogen and oxygen atoms in total. The Hall–Kier alpha value is -1.06. The van der Waals surface area contributed by atoms with Crippen LogP contribution in [0.25, 0.3) is 6.08 Å². The Morgan fingerprint density at radius 3 is 2.32 bits per heavy atom. The van der Waals surface area contributed by atoms with Crippen molar-refractivity contribution in [2.75, 3.05) is 0 Å². The summed E-state index contributed by atoms with van der Waals surface area (Å²) in [5.41, 5.74) is 4.70. The standard InChI is InChI=1S/C16H21BO2/c1-11-9-12-7-6-8-14(13(12)10-11)17-18-15(2,3)16(4,5)19-17/h6-9H,10H2,1-5H3. The third kappa shape index (κ3) is 1.96. The first kappa shape index (κ1) is 13.0. The van der Waals surface area contributed by atoms with E-state index in [1.165, 1.54) is 22.2 Å². The summed E-state index contributed by atoms with van der Waals surface area (Å²) < 4.78 is 12.3. The minimum atomic E-state index is -0.276. The van der Waals surface area contributed by atoms with Gasteiger partial charge >= 0.3 is 7.12 Å². The van der Waals surface area contributed by atoms with Gasteiger partial charge in [-0.1, -0.05) is 29.8 Å². The quantitative estimate of drug-likeness (QED) is 0.719. The Morgan fingerprint density at radius 2 is 1.68 bits per heavy atom. The fourth-order valence-corrected chi connectivity index (χ4v) is 2.75. The highest BCUT2D eigenvalue weighted by Crippen LogP contribution is 2.37. The molecule has 1 aliphatic carbocycles. The molecule has 3 rings (SSSR count). The highest BCUT2D eigenvalue weighted by molar-refractivity contribution is 6.62. The number of hydrogen-bond donors (Lipinski definition) is 0. The van der Waals surface area contributed by atoms with E-state index in [4.69, 9.17) is 9.31 Å². The highest BCUT2D eigenvalue weighted by Gasteiger charge is 2.52. The van der Waals surface area contributed by atoms with Crippen LogP contribution in [-0.2, 0) is 15.7 Å². The molecule has 2 aliphatic rings. The summed E-state index contributed by atoms with van der Waals surface area (Å²) in [6.07, 6.45) is 3.26. The van der Waals surface area contributed by atoms with Gasteiger partial charge in [-0.05, 0) is 57.6 Å². The van der Waals surface area contributed by atoms with Gasteiger partial charge in [-0.15, -0.1) is 0 Å². The van der Waals surface area contributed by atoms with E-state index in [-0.39, 0.29) is 18.3 Å². The summed E-state index contributed by atoms with van der Waals surface area (Å²) in [6, 6.07) is 6.39. The Bertz CT molecular complexity index is 542. The molecule has 1 aromatic rings. The Labute approximate surface area is 115 Å². The van der Waals surface area contributed by atoms with Gasteiger partial charge < -0.3 is 9.31 Å². The first-order chi connectivity index (χ1) is 8.80. The van der Waals surface area contributed by atoms with Crippen molar-refractivity contribution in [2.45, 2.75) is 52.2 Å². The van der Waals surface area contributed by atoms with E-state index in [1.807, 2.05) is 0 Å². The molecule has 19 heavy (non-hydrogen) atoms. The first-order valence-electron chi connectivity index (χ1n) is 6.95. The van der Waals surface area contributed by atoms with Gasteiger partial charge in [0.15, 0.2) is 0 Å². The van der Waals surface area contributed by atoms with E-state index in [0.717, 1.165) is 6.42 Å². The number of allylic oxidation sites excluding steroid dienone is 1. The molecule has 0 spiro atoms. The molecular formula is C16H21BO2. The van der Waals surface area contributed by atoms with Crippen molar-refractivity contribution < 1.29 is 9.31 Å². The van der Waals surface area contributed by atoms with Crippen LogP contribution in [0.5, 0.6) is 0 Å². The van der Waals surface area contributed by atoms with Crippen molar-refractivity contribution in [3.8, 4) is 0 Å². The fourth-order valence-electron chi connectivity index (χ4n) is 2.75. The van der Waals surface area contributed by atoms with E-state index >= 15 is 0 Å². The summed E-state index contributed by atoms with van der Waals surface area (Å²) in [5.74, 6) is 0. The molecule has 1 aliphatic heterocycles. The van der Waals surface area contributed by atoms with Crippen LogP contribution in [0.3, 0.4) is 0 Å². The predicted molar refractivity (Wildman–Crippen MR) is 79.5 cm³/mol. The normalized spacial score (nSPS) is 23.4. The lowest BCUT2D eigenvalue weighted by molar-refractivity contribution is 0.00578. The molecule has 0 amide bonds. The predicted octanol–water partition coefficient (Wildman–Crippen LogP) is 2.95. The molecule has 1 heterocycles. The molecule has 1 saturated heterocycles. The van der Waals surface area contributed by atoms with E-state index in [0.29, 0.717) is 0 Å². The summed E-state index contributed by atoms with van der Waals surface area (Å²) in [7, 11) is -0.251. The summed E-state index contributed by atoms with van der Waals surface area (Å²) in [6.45, 7) is 10.6. The minimum absolute atomic E-state index is 0.251. The van der Waals surface area contributed by atoms with Crippen molar-refractivity contribution in [2.24, 2.45) is 0 Å². The molecular weight excluding hydrogens is 235 g/mol. The van der Waals surface area contributed by atoms with Crippen LogP contribution in [0.15, 0.2) is 23.8 Å². The number of fused-ring (bicyclic) bond motifs is 1. The molecule has 3 heteroatoms. The third-order valence-corrected chi connectivity index (χ3v) is 4.61. The average Bonchev–Trinajstić information content (AvgIpc) is 2.75. The lowest BCUT2D eigenvalue weighted by Crippen LogP contribution is -2.41. The maximum atomic E-state index is 6.17. The topological polar surface area (TPSA) is 18.5 Å². The Morgan fingerprint density at radius 1 is 1.05 bits per heavy atom. The summed E-state index contributed by atoms with van der Waals surface area (Å²) >= 11 is 0. The zero-order valence-corrected chi connectivity index (χ0v) is 12.4. The number of benzene rings is 1. The van der Waals surface area contributed by atoms with Crippen LogP contribution in [0.1, 0.15) is 45.7 Å². The summed E-state index contributed by atoms with van der Waals surface area (Å²) in [4.78, 5) is 0. The molecule has 0 radical (unpaired) electrons. The van der Waals surface area contributed by atoms with Gasteiger partial charge in [-0.2, -0.15) is 0 Å². The van der Waals surface area contributed by atoms with E-state index in [2.05, 4.69) is 58.9 Å². The van der Waals surface area contributed by atoms with Gasteiger partial charge in [0, 0.05) is 0 Å². The second kappa shape index (κ2) is 3.97. The van der Waals surface area contributed by atoms with Crippen LogP contribution >= 0.6 is 0 Å². The lowest BCUT2D eigenvalue weighted by atomic mass is 9.74. The zero-order chi connectivity index (χ0) is 13.8. The maximum Gasteiger partial charge on any atom is 0.495 e. The monoisotopic (exact) mass is 256 g/mol. The van der Waals surface area contributed by atoms with E-state index < -0.39 is 0 Å². The minimum Gasteiger partial charge on any atom is -0.399 e. The van der Waals surface area contributed by atoms with Crippen molar-refractivity contribution in [1.29, 1.82) is 0 Å². The molecule has 0 saturated carbocycles. The maximum absolute atomic E-state index is 6.17. The van der Waals surface area contributed by atoms with Gasteiger partial charge in [0.05, 0.1) is 11.2 Å². The molecule has 0 bridgehead atoms. The molecule has 0 atom stereocenters. The van der Waals surface area contributed by atoms with Crippen molar-refractivity contribution in [1.82, 2.24) is 0 Å². The molecule has 100 valence electrons. The van der Waals surface area contributed by atoms with Crippen LogP contribution in [0.2, 0.25) is 0 Å². The van der Waals surface area contributed by atoms with Crippen molar-refractivity contribution >= 4 is 18.7 Å². The third-order valence-electron chi connectivity index (χ3n) is 4.61. The molecule has 1 aromatic carbocycles. The van der Waals surface area contributed by atoms with Crippen LogP contribution < -0.4 is 5.46 Å². The van der Waals surface area contributed by atoms with E-state index in [9.17, 15) is 0 Å². The Balaban J connectivity index is 1.97. The van der Waals surface area contributed by atoms with E-state index in [1.54, 1.807) is 0 Å². The van der Waals surface area contributed by atoms with Gasteiger partial charge in [-0.3, -0.25) is 0 Å². The first-order valence-corrected chi connectivity index (χ1v) is 6.95. The number of hydrogen-bond acceptors (Lipinski definition) is 2. The van der Waals surface area contributed by atoms with Gasteiger partial charge in [0.25, 0.3) is 0 Å². The smallest absolute Gasteiger partial charge is 0.399 e.